The standard InChI is InChI=1S/C21H33F3N2O/c1-2-20(27)25-13-18-12-9-16-5-3-4-6-19(16)26(18)14-15-7-10-17(11-8-15)21(22,23)24/h2,15-19H,1,3-14H2,(H,25,27). The van der Waals surface area contributed by atoms with Crippen LogP contribution in [0, 0.1) is 17.8 Å². The average molecular weight is 387 g/mol. The fourth-order valence-corrected chi connectivity index (χ4v) is 5.57. The van der Waals surface area contributed by atoms with Gasteiger partial charge in [0.05, 0.1) is 5.92 Å². The number of amides is 1. The normalized spacial score (nSPS) is 35.3. The number of carbonyl (C=O) groups is 1. The summed E-state index contributed by atoms with van der Waals surface area (Å²) in [6, 6.07) is 0.840. The molecule has 0 radical (unpaired) electrons. The molecular weight excluding hydrogens is 353 g/mol. The predicted octanol–water partition coefficient (Wildman–Crippen LogP) is 4.68. The Morgan fingerprint density at radius 1 is 1.04 bits per heavy atom. The second-order valence-electron chi connectivity index (χ2n) is 8.75. The summed E-state index contributed by atoms with van der Waals surface area (Å²) in [5.74, 6) is -0.190. The Morgan fingerprint density at radius 2 is 1.74 bits per heavy atom. The first-order chi connectivity index (χ1) is 12.9. The number of alkyl halides is 3. The molecule has 27 heavy (non-hydrogen) atoms. The molecule has 0 aromatic rings. The topological polar surface area (TPSA) is 32.3 Å². The number of hydrogen-bond donors (Lipinski definition) is 1. The number of likely N-dealkylation sites (tertiary alicyclic amines) is 1. The zero-order valence-electron chi connectivity index (χ0n) is 16.1. The monoisotopic (exact) mass is 386 g/mol. The van der Waals surface area contributed by atoms with Gasteiger partial charge in [0.25, 0.3) is 0 Å². The van der Waals surface area contributed by atoms with Gasteiger partial charge in [0.2, 0.25) is 5.91 Å². The van der Waals surface area contributed by atoms with Crippen LogP contribution in [-0.4, -0.2) is 42.2 Å². The molecule has 0 aromatic heterocycles. The summed E-state index contributed by atoms with van der Waals surface area (Å²) in [5, 5.41) is 2.94. The molecule has 1 saturated heterocycles. The number of piperidine rings is 1. The van der Waals surface area contributed by atoms with Gasteiger partial charge in [-0.05, 0) is 69.3 Å². The summed E-state index contributed by atoms with van der Waals surface area (Å²) in [5.41, 5.74) is 0. The average Bonchev–Trinajstić information content (AvgIpc) is 2.66. The molecule has 2 saturated carbocycles. The molecule has 154 valence electrons. The molecule has 3 aliphatic rings. The van der Waals surface area contributed by atoms with E-state index in [2.05, 4.69) is 16.8 Å². The molecule has 2 aliphatic carbocycles. The van der Waals surface area contributed by atoms with E-state index < -0.39 is 12.1 Å². The second-order valence-corrected chi connectivity index (χ2v) is 8.75. The van der Waals surface area contributed by atoms with Gasteiger partial charge in [-0.3, -0.25) is 9.69 Å². The third-order valence-electron chi connectivity index (χ3n) is 7.11. The molecule has 3 rings (SSSR count). The molecule has 1 N–H and O–H groups in total. The maximum Gasteiger partial charge on any atom is 0.391 e. The summed E-state index contributed by atoms with van der Waals surface area (Å²) in [6.07, 6.45) is 6.41. The van der Waals surface area contributed by atoms with Crippen molar-refractivity contribution in [2.45, 2.75) is 82.5 Å². The third-order valence-corrected chi connectivity index (χ3v) is 7.11. The van der Waals surface area contributed by atoms with Crippen LogP contribution in [0.5, 0.6) is 0 Å². The van der Waals surface area contributed by atoms with E-state index in [4.69, 9.17) is 0 Å². The Morgan fingerprint density at radius 3 is 2.41 bits per heavy atom. The van der Waals surface area contributed by atoms with Crippen LogP contribution >= 0.6 is 0 Å². The Balaban J connectivity index is 1.62. The second kappa shape index (κ2) is 8.97. The third kappa shape index (κ3) is 5.27. The Kier molecular flexibility index (Phi) is 6.88. The van der Waals surface area contributed by atoms with E-state index in [0.717, 1.165) is 18.9 Å². The molecule has 1 amide bonds. The van der Waals surface area contributed by atoms with Crippen LogP contribution in [-0.2, 0) is 4.79 Å². The van der Waals surface area contributed by atoms with Crippen molar-refractivity contribution in [1.82, 2.24) is 10.2 Å². The van der Waals surface area contributed by atoms with Gasteiger partial charge in [-0.15, -0.1) is 0 Å². The summed E-state index contributed by atoms with van der Waals surface area (Å²) >= 11 is 0. The van der Waals surface area contributed by atoms with Gasteiger partial charge in [0, 0.05) is 25.2 Å². The lowest BCUT2D eigenvalue weighted by Gasteiger charge is -2.50. The molecule has 6 heteroatoms. The van der Waals surface area contributed by atoms with Crippen LogP contribution in [0.2, 0.25) is 0 Å². The fourth-order valence-electron chi connectivity index (χ4n) is 5.57. The molecule has 1 aliphatic heterocycles. The highest BCUT2D eigenvalue weighted by atomic mass is 19.4. The molecule has 0 aromatic carbocycles. The lowest BCUT2D eigenvalue weighted by Crippen LogP contribution is -2.57. The van der Waals surface area contributed by atoms with Crippen LogP contribution < -0.4 is 5.32 Å². The first-order valence-corrected chi connectivity index (χ1v) is 10.6. The minimum Gasteiger partial charge on any atom is -0.351 e. The molecule has 3 atom stereocenters. The van der Waals surface area contributed by atoms with Gasteiger partial charge in [-0.25, -0.2) is 0 Å². The first kappa shape index (κ1) is 20.7. The van der Waals surface area contributed by atoms with Crippen molar-refractivity contribution >= 4 is 5.91 Å². The van der Waals surface area contributed by atoms with Crippen molar-refractivity contribution in [3.63, 3.8) is 0 Å². The van der Waals surface area contributed by atoms with Gasteiger partial charge < -0.3 is 5.32 Å². The Hall–Kier alpha value is -1.04. The lowest BCUT2D eigenvalue weighted by atomic mass is 9.74. The Labute approximate surface area is 160 Å². The maximum absolute atomic E-state index is 13.0. The van der Waals surface area contributed by atoms with Crippen molar-refractivity contribution in [3.8, 4) is 0 Å². The number of hydrogen-bond acceptors (Lipinski definition) is 2. The zero-order valence-corrected chi connectivity index (χ0v) is 16.1. The molecular formula is C21H33F3N2O. The van der Waals surface area contributed by atoms with E-state index in [0.29, 0.717) is 37.4 Å². The van der Waals surface area contributed by atoms with Crippen molar-refractivity contribution in [1.29, 1.82) is 0 Å². The number of carbonyl (C=O) groups excluding carboxylic acids is 1. The SMILES string of the molecule is C=CC(=O)NCC1CCC2CCCCC2N1CC1CCC(C(F)(F)F)CC1. The van der Waals surface area contributed by atoms with Crippen molar-refractivity contribution in [2.75, 3.05) is 13.1 Å². The highest BCUT2D eigenvalue weighted by molar-refractivity contribution is 5.86. The zero-order chi connectivity index (χ0) is 19.4. The molecule has 0 spiro atoms. The Bertz CT molecular complexity index is 514. The highest BCUT2D eigenvalue weighted by Crippen LogP contribution is 2.42. The van der Waals surface area contributed by atoms with E-state index in [9.17, 15) is 18.0 Å². The summed E-state index contributed by atoms with van der Waals surface area (Å²) in [6.45, 7) is 5.02. The number of halogens is 3. The molecule has 3 nitrogen and oxygen atoms in total. The number of nitrogens with one attached hydrogen (secondary N) is 1. The van der Waals surface area contributed by atoms with Crippen LogP contribution in [0.4, 0.5) is 13.2 Å². The predicted molar refractivity (Wildman–Crippen MR) is 100 cm³/mol. The number of rotatable bonds is 5. The van der Waals surface area contributed by atoms with Gasteiger partial charge in [0.15, 0.2) is 0 Å². The quantitative estimate of drug-likeness (QED) is 0.696. The largest absolute Gasteiger partial charge is 0.391 e. The summed E-state index contributed by atoms with van der Waals surface area (Å²) in [7, 11) is 0. The number of fused-ring (bicyclic) bond motifs is 1. The van der Waals surface area contributed by atoms with Crippen molar-refractivity contribution in [2.24, 2.45) is 17.8 Å². The van der Waals surface area contributed by atoms with E-state index in [-0.39, 0.29) is 18.7 Å². The maximum atomic E-state index is 13.0. The minimum absolute atomic E-state index is 0.147. The lowest BCUT2D eigenvalue weighted by molar-refractivity contribution is -0.184. The minimum atomic E-state index is -4.04. The van der Waals surface area contributed by atoms with Gasteiger partial charge in [0.1, 0.15) is 0 Å². The van der Waals surface area contributed by atoms with Gasteiger partial charge in [-0.2, -0.15) is 13.2 Å². The fraction of sp³-hybridized carbons (Fsp3) is 0.857. The smallest absolute Gasteiger partial charge is 0.351 e. The first-order valence-electron chi connectivity index (χ1n) is 10.6. The molecule has 1 heterocycles. The van der Waals surface area contributed by atoms with Crippen molar-refractivity contribution in [3.05, 3.63) is 12.7 Å². The van der Waals surface area contributed by atoms with Crippen LogP contribution in [0.1, 0.15) is 64.2 Å². The summed E-state index contributed by atoms with van der Waals surface area (Å²) < 4.78 is 38.9. The van der Waals surface area contributed by atoms with E-state index in [1.807, 2.05) is 0 Å². The molecule has 3 fully saturated rings. The molecule has 3 unspecified atom stereocenters. The summed E-state index contributed by atoms with van der Waals surface area (Å²) in [4.78, 5) is 14.2. The molecule has 0 bridgehead atoms. The van der Waals surface area contributed by atoms with Crippen LogP contribution in [0.15, 0.2) is 12.7 Å². The van der Waals surface area contributed by atoms with Gasteiger partial charge >= 0.3 is 6.18 Å². The van der Waals surface area contributed by atoms with E-state index >= 15 is 0 Å². The van der Waals surface area contributed by atoms with E-state index in [1.54, 1.807) is 0 Å². The van der Waals surface area contributed by atoms with Crippen molar-refractivity contribution < 1.29 is 18.0 Å². The van der Waals surface area contributed by atoms with Crippen LogP contribution in [0.25, 0.3) is 0 Å². The van der Waals surface area contributed by atoms with Crippen LogP contribution in [0.3, 0.4) is 0 Å². The van der Waals surface area contributed by atoms with E-state index in [1.165, 1.54) is 38.2 Å². The number of nitrogens with zero attached hydrogens (tertiary/aromatic N) is 1. The highest BCUT2D eigenvalue weighted by Gasteiger charge is 2.43. The van der Waals surface area contributed by atoms with Gasteiger partial charge in [-0.1, -0.05) is 19.4 Å².